The Labute approximate surface area is 95.2 Å². The van der Waals surface area contributed by atoms with Crippen LogP contribution in [0.5, 0.6) is 0 Å². The third kappa shape index (κ3) is 1.22. The molecule has 0 amide bonds. The van der Waals surface area contributed by atoms with Crippen LogP contribution in [-0.4, -0.2) is 19.3 Å². The summed E-state index contributed by atoms with van der Waals surface area (Å²) in [4.78, 5) is 0. The summed E-state index contributed by atoms with van der Waals surface area (Å²) >= 11 is 0. The second-order valence-corrected chi connectivity index (χ2v) is 5.42. The molecule has 0 radical (unpaired) electrons. The maximum Gasteiger partial charge on any atom is 0.129 e. The van der Waals surface area contributed by atoms with Crippen molar-refractivity contribution in [1.82, 2.24) is 5.32 Å². The van der Waals surface area contributed by atoms with Crippen molar-refractivity contribution in [2.75, 3.05) is 13.2 Å². The van der Waals surface area contributed by atoms with Crippen molar-refractivity contribution in [3.8, 4) is 0 Å². The molecule has 3 aliphatic rings. The van der Waals surface area contributed by atoms with Gasteiger partial charge in [0.2, 0.25) is 0 Å². The first-order valence-corrected chi connectivity index (χ1v) is 6.31. The van der Waals surface area contributed by atoms with Gasteiger partial charge in [0.25, 0.3) is 0 Å². The number of ether oxygens (including phenoxy) is 1. The van der Waals surface area contributed by atoms with E-state index in [-0.39, 0.29) is 5.54 Å². The predicted octanol–water partition coefficient (Wildman–Crippen LogP) is 1.82. The van der Waals surface area contributed by atoms with E-state index in [1.54, 1.807) is 0 Å². The number of rotatable bonds is 1. The quantitative estimate of drug-likeness (QED) is 0.782. The van der Waals surface area contributed by atoms with E-state index in [2.05, 4.69) is 11.4 Å². The fraction of sp³-hybridized carbons (Fsp3) is 0.692. The highest BCUT2D eigenvalue weighted by atomic mass is 16.5. The summed E-state index contributed by atoms with van der Waals surface area (Å²) in [5.41, 5.74) is 1.36. The van der Waals surface area contributed by atoms with E-state index in [0.29, 0.717) is 6.10 Å². The molecule has 0 aromatic carbocycles. The van der Waals surface area contributed by atoms with Crippen LogP contribution >= 0.6 is 0 Å². The maximum atomic E-state index is 5.97. The van der Waals surface area contributed by atoms with Crippen LogP contribution < -0.4 is 5.32 Å². The van der Waals surface area contributed by atoms with Crippen molar-refractivity contribution < 1.29 is 9.15 Å². The highest BCUT2D eigenvalue weighted by Crippen LogP contribution is 2.46. The van der Waals surface area contributed by atoms with Gasteiger partial charge in [0.05, 0.1) is 19.0 Å². The zero-order valence-electron chi connectivity index (χ0n) is 9.37. The lowest BCUT2D eigenvalue weighted by Crippen LogP contribution is -2.47. The van der Waals surface area contributed by atoms with Gasteiger partial charge in [-0.1, -0.05) is 0 Å². The monoisotopic (exact) mass is 219 g/mol. The van der Waals surface area contributed by atoms with E-state index in [1.807, 2.05) is 6.26 Å². The average molecular weight is 219 g/mol. The first-order valence-electron chi connectivity index (χ1n) is 6.31. The van der Waals surface area contributed by atoms with Gasteiger partial charge in [-0.2, -0.15) is 0 Å². The van der Waals surface area contributed by atoms with Gasteiger partial charge in [0.1, 0.15) is 11.3 Å². The van der Waals surface area contributed by atoms with Crippen molar-refractivity contribution in [2.24, 2.45) is 5.92 Å². The van der Waals surface area contributed by atoms with Gasteiger partial charge in [0.15, 0.2) is 0 Å². The Bertz CT molecular complexity index is 410. The normalized spacial score (nSPS) is 37.9. The minimum Gasteiger partial charge on any atom is -0.467 e. The second-order valence-electron chi connectivity index (χ2n) is 5.42. The molecule has 1 aromatic heterocycles. The minimum atomic E-state index is -0.00958. The Kier molecular flexibility index (Phi) is 1.80. The van der Waals surface area contributed by atoms with Crippen LogP contribution in [0.2, 0.25) is 0 Å². The second kappa shape index (κ2) is 3.11. The molecular weight excluding hydrogens is 202 g/mol. The van der Waals surface area contributed by atoms with Crippen molar-refractivity contribution in [3.63, 3.8) is 0 Å². The third-order valence-corrected chi connectivity index (χ3v) is 4.28. The zero-order chi connectivity index (χ0) is 10.6. The van der Waals surface area contributed by atoms with Crippen LogP contribution in [0.15, 0.2) is 16.7 Å². The smallest absolute Gasteiger partial charge is 0.129 e. The molecule has 1 N–H and O–H groups in total. The highest BCUT2D eigenvalue weighted by molar-refractivity contribution is 5.29. The molecule has 1 saturated carbocycles. The van der Waals surface area contributed by atoms with E-state index < -0.39 is 0 Å². The topological polar surface area (TPSA) is 34.4 Å². The van der Waals surface area contributed by atoms with Gasteiger partial charge in [-0.15, -0.1) is 0 Å². The third-order valence-electron chi connectivity index (χ3n) is 4.28. The van der Waals surface area contributed by atoms with Crippen LogP contribution in [0, 0.1) is 5.92 Å². The Morgan fingerprint density at radius 1 is 1.38 bits per heavy atom. The summed E-state index contributed by atoms with van der Waals surface area (Å²) in [6.45, 7) is 1.84. The van der Waals surface area contributed by atoms with Crippen molar-refractivity contribution >= 4 is 0 Å². The summed E-state index contributed by atoms with van der Waals surface area (Å²) in [5, 5.41) is 3.63. The summed E-state index contributed by atoms with van der Waals surface area (Å²) in [7, 11) is 0. The van der Waals surface area contributed by atoms with Gasteiger partial charge in [-0.05, 0) is 36.8 Å². The molecule has 3 nitrogen and oxygen atoms in total. The van der Waals surface area contributed by atoms with E-state index in [4.69, 9.17) is 9.15 Å². The van der Waals surface area contributed by atoms with Gasteiger partial charge >= 0.3 is 0 Å². The Hall–Kier alpha value is -0.800. The first-order chi connectivity index (χ1) is 7.87. The van der Waals surface area contributed by atoms with Crippen LogP contribution in [0.3, 0.4) is 0 Å². The highest BCUT2D eigenvalue weighted by Gasteiger charge is 2.50. The van der Waals surface area contributed by atoms with E-state index in [0.717, 1.165) is 37.7 Å². The van der Waals surface area contributed by atoms with Crippen LogP contribution in [0.4, 0.5) is 0 Å². The summed E-state index contributed by atoms with van der Waals surface area (Å²) in [5.74, 6) is 1.96. The first kappa shape index (κ1) is 9.25. The molecule has 1 aromatic rings. The molecule has 4 rings (SSSR count). The van der Waals surface area contributed by atoms with Crippen LogP contribution in [0.25, 0.3) is 0 Å². The molecule has 86 valence electrons. The largest absolute Gasteiger partial charge is 0.467 e. The molecule has 2 atom stereocenters. The number of nitrogens with one attached hydrogen (secondary N) is 1. The lowest BCUT2D eigenvalue weighted by Gasteiger charge is -2.32. The zero-order valence-corrected chi connectivity index (χ0v) is 9.37. The summed E-state index contributed by atoms with van der Waals surface area (Å²) in [6, 6.07) is 2.11. The maximum absolute atomic E-state index is 5.97. The van der Waals surface area contributed by atoms with E-state index in [9.17, 15) is 0 Å². The van der Waals surface area contributed by atoms with Gasteiger partial charge in [-0.3, -0.25) is 0 Å². The number of hydrogen-bond donors (Lipinski definition) is 1. The van der Waals surface area contributed by atoms with Crippen LogP contribution in [0.1, 0.15) is 30.6 Å². The minimum absolute atomic E-state index is 0.00958. The molecule has 1 aliphatic carbocycles. The molecule has 16 heavy (non-hydrogen) atoms. The molecule has 3 heterocycles. The number of hydrogen-bond acceptors (Lipinski definition) is 3. The SMILES string of the molecule is c1cc2c(o1)C1(COC(C3CC3)C1)NCC2. The molecule has 3 heteroatoms. The van der Waals surface area contributed by atoms with Crippen molar-refractivity contribution in [1.29, 1.82) is 0 Å². The molecule has 2 fully saturated rings. The predicted molar refractivity (Wildman–Crippen MR) is 59.2 cm³/mol. The van der Waals surface area contributed by atoms with Gasteiger partial charge in [0, 0.05) is 13.0 Å². The number of fused-ring (bicyclic) bond motifs is 2. The van der Waals surface area contributed by atoms with Gasteiger partial charge in [-0.25, -0.2) is 0 Å². The average Bonchev–Trinajstić information content (AvgIpc) is 2.88. The molecule has 0 bridgehead atoms. The molecule has 2 aliphatic heterocycles. The molecule has 1 spiro atoms. The fourth-order valence-electron chi connectivity index (χ4n) is 3.23. The standard InChI is InChI=1S/C13H17NO2/c1-2-9(1)11-7-13(8-16-11)12-10(3-5-14-13)4-6-15-12/h4,6,9,11,14H,1-3,5,7-8H2. The summed E-state index contributed by atoms with van der Waals surface area (Å²) in [6.07, 6.45) is 7.17. The molecular formula is C13H17NO2. The lowest BCUT2D eigenvalue weighted by atomic mass is 9.86. The fourth-order valence-corrected chi connectivity index (χ4v) is 3.23. The molecule has 2 unspecified atom stereocenters. The Morgan fingerprint density at radius 2 is 2.31 bits per heavy atom. The Morgan fingerprint density at radius 3 is 3.19 bits per heavy atom. The Balaban J connectivity index is 1.68. The van der Waals surface area contributed by atoms with E-state index in [1.165, 1.54) is 18.4 Å². The van der Waals surface area contributed by atoms with Gasteiger partial charge < -0.3 is 14.5 Å². The van der Waals surface area contributed by atoms with Crippen LogP contribution in [-0.2, 0) is 16.7 Å². The molecule has 1 saturated heterocycles. The van der Waals surface area contributed by atoms with Crippen molar-refractivity contribution in [3.05, 3.63) is 23.7 Å². The lowest BCUT2D eigenvalue weighted by molar-refractivity contribution is 0.0827. The number of furan rings is 1. The van der Waals surface area contributed by atoms with E-state index >= 15 is 0 Å². The summed E-state index contributed by atoms with van der Waals surface area (Å²) < 4.78 is 11.7. The van der Waals surface area contributed by atoms with Crippen molar-refractivity contribution in [2.45, 2.75) is 37.3 Å².